The molecule has 0 spiro atoms. The van der Waals surface area contributed by atoms with Crippen molar-refractivity contribution in [1.82, 2.24) is 14.0 Å². The molecular weight excluding hydrogens is 723 g/mol. The molecule has 11 nitrogen and oxygen atoms in total. The third-order valence-electron chi connectivity index (χ3n) is 7.39. The number of hydrogen-bond donors (Lipinski definition) is 1. The third kappa shape index (κ3) is 8.47. The largest absolute Gasteiger partial charge is 0.489 e. The van der Waals surface area contributed by atoms with E-state index < -0.39 is 44.1 Å². The molecule has 47 heavy (non-hydrogen) atoms. The van der Waals surface area contributed by atoms with Crippen LogP contribution in [-0.4, -0.2) is 70.0 Å². The monoisotopic (exact) mass is 751 g/mol. The number of ether oxygens (including phenoxy) is 3. The Balaban J connectivity index is 1.44. The van der Waals surface area contributed by atoms with Gasteiger partial charge in [0.1, 0.15) is 6.10 Å². The quantitative estimate of drug-likeness (QED) is 0.217. The summed E-state index contributed by atoms with van der Waals surface area (Å²) in [6, 6.07) is 8.73. The highest BCUT2D eigenvalue weighted by molar-refractivity contribution is 8.02. The van der Waals surface area contributed by atoms with E-state index in [1.165, 1.54) is 37.6 Å². The van der Waals surface area contributed by atoms with Gasteiger partial charge in [0.05, 0.1) is 26.4 Å². The van der Waals surface area contributed by atoms with Crippen molar-refractivity contribution in [2.24, 2.45) is 5.92 Å². The molecule has 0 amide bonds. The van der Waals surface area contributed by atoms with E-state index >= 15 is 0 Å². The zero-order valence-corrected chi connectivity index (χ0v) is 28.6. The molecule has 2 fully saturated rings. The average Bonchev–Trinajstić information content (AvgIpc) is 3.73. The number of carbonyl (C=O) groups excluding carboxylic acids is 1. The van der Waals surface area contributed by atoms with Gasteiger partial charge in [0.15, 0.2) is 16.9 Å². The highest BCUT2D eigenvalue weighted by atomic mass is 35.5. The van der Waals surface area contributed by atoms with E-state index in [9.17, 15) is 30.4 Å². The third-order valence-corrected chi connectivity index (χ3v) is 12.7. The van der Waals surface area contributed by atoms with Crippen molar-refractivity contribution in [2.45, 2.75) is 47.1 Å². The molecule has 5 rings (SSSR count). The first-order chi connectivity index (χ1) is 22.3. The highest BCUT2D eigenvalue weighted by Crippen LogP contribution is 2.39. The number of nitrogens with zero attached hydrogens (tertiary/aromatic N) is 2. The first-order valence-electron chi connectivity index (χ1n) is 14.2. The number of thioether (sulfide) groups is 1. The number of rotatable bonds is 14. The molecule has 1 aliphatic carbocycles. The van der Waals surface area contributed by atoms with Crippen molar-refractivity contribution in [3.63, 3.8) is 0 Å². The van der Waals surface area contributed by atoms with E-state index in [2.05, 4.69) is 14.4 Å². The summed E-state index contributed by atoms with van der Waals surface area (Å²) in [4.78, 5) is 17.3. The predicted molar refractivity (Wildman–Crippen MR) is 171 cm³/mol. The Hall–Kier alpha value is -2.73. The molecule has 2 atom stereocenters. The topological polar surface area (TPSA) is 141 Å². The Morgan fingerprint density at radius 3 is 2.32 bits per heavy atom. The maximum absolute atomic E-state index is 13.8. The van der Waals surface area contributed by atoms with Crippen LogP contribution in [0.25, 0.3) is 0 Å². The highest BCUT2D eigenvalue weighted by Gasteiger charge is 2.42. The van der Waals surface area contributed by atoms with Crippen LogP contribution in [0.15, 0.2) is 64.6 Å². The molecule has 2 aliphatic rings. The van der Waals surface area contributed by atoms with Crippen LogP contribution in [-0.2, 0) is 36.0 Å². The molecule has 3 aromatic rings. The summed E-state index contributed by atoms with van der Waals surface area (Å²) in [6.07, 6.45) is 3.41. The number of halogens is 4. The molecular formula is C29H29Cl2F2N3O8S3. The van der Waals surface area contributed by atoms with E-state index in [1.807, 2.05) is 0 Å². The molecule has 1 aromatic heterocycles. The summed E-state index contributed by atoms with van der Waals surface area (Å²) >= 11 is 13.8. The summed E-state index contributed by atoms with van der Waals surface area (Å²) < 4.78 is 97.3. The Bertz CT molecular complexity index is 1810. The van der Waals surface area contributed by atoms with Crippen molar-refractivity contribution in [1.29, 1.82) is 0 Å². The predicted octanol–water partition coefficient (Wildman–Crippen LogP) is 5.28. The molecule has 1 saturated carbocycles. The molecule has 0 radical (unpaired) electrons. The zero-order chi connectivity index (χ0) is 33.9. The summed E-state index contributed by atoms with van der Waals surface area (Å²) in [5, 5.41) is -0.923. The second-order valence-electron chi connectivity index (χ2n) is 10.6. The van der Waals surface area contributed by atoms with Crippen LogP contribution in [0.1, 0.15) is 30.1 Å². The van der Waals surface area contributed by atoms with Crippen molar-refractivity contribution in [3.8, 4) is 11.5 Å². The van der Waals surface area contributed by atoms with Crippen LogP contribution in [0.3, 0.4) is 0 Å². The van der Waals surface area contributed by atoms with Gasteiger partial charge < -0.3 is 14.2 Å². The second-order valence-corrected chi connectivity index (χ2v) is 16.3. The number of esters is 1. The SMILES string of the molecule is CNS(=O)(=O)c1ccc(S(=O)(=O)N2CCS[C@H]2C(=O)O[C@@H](Cc2c(Cl)cncc2Cl)c2ccc(OC(F)F)c(OCC3CC3)c2)cc1. The number of pyridine rings is 1. The normalized spacial score (nSPS) is 17.9. The van der Waals surface area contributed by atoms with Gasteiger partial charge in [0.2, 0.25) is 20.0 Å². The van der Waals surface area contributed by atoms with E-state index in [0.29, 0.717) is 11.1 Å². The zero-order valence-electron chi connectivity index (χ0n) is 24.6. The molecule has 1 N–H and O–H groups in total. The van der Waals surface area contributed by atoms with Crippen molar-refractivity contribution >= 4 is 61.0 Å². The standard InChI is InChI=1S/C29H29Cl2F2N3O8S3/c1-34-46(38,39)19-5-7-20(8-6-19)47(40,41)36-10-11-45-27(36)28(37)43-25(13-21-22(30)14-35-15-23(21)31)18-4-9-24(44-29(32)33)26(12-18)42-16-17-2-3-17/h4-9,12,14-15,17,25,27,29,34H,2-3,10-11,13,16H2,1H3/t25-,27-/m0/s1. The number of sulfonamides is 2. The molecule has 1 aliphatic heterocycles. The summed E-state index contributed by atoms with van der Waals surface area (Å²) in [7, 11) is -6.84. The van der Waals surface area contributed by atoms with E-state index in [4.69, 9.17) is 32.7 Å². The molecule has 0 bridgehead atoms. The number of benzene rings is 2. The Kier molecular flexibility index (Phi) is 11.2. The van der Waals surface area contributed by atoms with Crippen LogP contribution in [0.5, 0.6) is 11.5 Å². The minimum absolute atomic E-state index is 0.0190. The number of hydrogen-bond acceptors (Lipinski definition) is 10. The molecule has 1 saturated heterocycles. The van der Waals surface area contributed by atoms with Gasteiger partial charge in [-0.05, 0) is 73.3 Å². The van der Waals surface area contributed by atoms with Crippen LogP contribution in [0, 0.1) is 5.92 Å². The van der Waals surface area contributed by atoms with E-state index in [0.717, 1.165) is 53.2 Å². The fourth-order valence-corrected chi connectivity index (χ4v) is 8.99. The molecule has 2 aromatic carbocycles. The average molecular weight is 753 g/mol. The lowest BCUT2D eigenvalue weighted by Gasteiger charge is -2.26. The van der Waals surface area contributed by atoms with Gasteiger partial charge in [-0.25, -0.2) is 26.4 Å². The van der Waals surface area contributed by atoms with Gasteiger partial charge >= 0.3 is 12.6 Å². The fourth-order valence-electron chi connectivity index (χ4n) is 4.70. The van der Waals surface area contributed by atoms with Crippen molar-refractivity contribution in [3.05, 3.63) is 76.0 Å². The maximum atomic E-state index is 13.8. The number of alkyl halides is 2. The Morgan fingerprint density at radius 2 is 1.70 bits per heavy atom. The van der Waals surface area contributed by atoms with Crippen LogP contribution in [0.4, 0.5) is 8.78 Å². The molecule has 254 valence electrons. The van der Waals surface area contributed by atoms with Crippen LogP contribution < -0.4 is 14.2 Å². The van der Waals surface area contributed by atoms with Crippen molar-refractivity contribution < 1.29 is 44.6 Å². The van der Waals surface area contributed by atoms with Crippen LogP contribution in [0.2, 0.25) is 10.0 Å². The molecule has 0 unspecified atom stereocenters. The minimum Gasteiger partial charge on any atom is -0.489 e. The fraction of sp³-hybridized carbons (Fsp3) is 0.379. The smallest absolute Gasteiger partial charge is 0.387 e. The lowest BCUT2D eigenvalue weighted by atomic mass is 10.0. The second kappa shape index (κ2) is 14.8. The van der Waals surface area contributed by atoms with Gasteiger partial charge in [0, 0.05) is 31.1 Å². The number of aromatic nitrogens is 1. The Labute approximate surface area is 285 Å². The number of nitrogens with one attached hydrogen (secondary N) is 1. The summed E-state index contributed by atoms with van der Waals surface area (Å²) in [5.74, 6) is -0.517. The minimum atomic E-state index is -4.27. The lowest BCUT2D eigenvalue weighted by molar-refractivity contribution is -0.150. The maximum Gasteiger partial charge on any atom is 0.387 e. The summed E-state index contributed by atoms with van der Waals surface area (Å²) in [5.41, 5.74) is 0.711. The first kappa shape index (κ1) is 35.6. The van der Waals surface area contributed by atoms with Gasteiger partial charge in [0.25, 0.3) is 0 Å². The van der Waals surface area contributed by atoms with Gasteiger partial charge in [-0.3, -0.25) is 4.98 Å². The van der Waals surface area contributed by atoms with E-state index in [1.54, 1.807) is 0 Å². The van der Waals surface area contributed by atoms with Gasteiger partial charge in [-0.1, -0.05) is 29.3 Å². The van der Waals surface area contributed by atoms with Crippen molar-refractivity contribution in [2.75, 3.05) is 26.0 Å². The molecule has 18 heteroatoms. The first-order valence-corrected chi connectivity index (χ1v) is 18.9. The summed E-state index contributed by atoms with van der Waals surface area (Å²) in [6.45, 7) is -2.85. The van der Waals surface area contributed by atoms with E-state index in [-0.39, 0.29) is 62.6 Å². The lowest BCUT2D eigenvalue weighted by Crippen LogP contribution is -2.40. The van der Waals surface area contributed by atoms with Crippen LogP contribution >= 0.6 is 35.0 Å². The number of carbonyl (C=O) groups is 1. The van der Waals surface area contributed by atoms with Gasteiger partial charge in [-0.2, -0.15) is 13.1 Å². The molecule has 2 heterocycles. The Morgan fingerprint density at radius 1 is 1.04 bits per heavy atom. The van der Waals surface area contributed by atoms with Gasteiger partial charge in [-0.15, -0.1) is 11.8 Å².